The zero-order valence-electron chi connectivity index (χ0n) is 8.23. The van der Waals surface area contributed by atoms with Gasteiger partial charge in [0.05, 0.1) is 11.4 Å². The second kappa shape index (κ2) is 4.44. The molecule has 1 aliphatic heterocycles. The highest BCUT2D eigenvalue weighted by Gasteiger charge is 2.20. The smallest absolute Gasteiger partial charge is 0.261 e. The van der Waals surface area contributed by atoms with Crippen molar-refractivity contribution in [2.45, 2.75) is 6.42 Å². The summed E-state index contributed by atoms with van der Waals surface area (Å²) in [7, 11) is 0. The molecular weight excluding hydrogens is 212 g/mol. The summed E-state index contributed by atoms with van der Waals surface area (Å²) in [6.07, 6.45) is 1.07. The average Bonchev–Trinajstić information content (AvgIpc) is 2.63. The van der Waals surface area contributed by atoms with Gasteiger partial charge in [-0.05, 0) is 17.9 Å². The molecule has 1 aromatic heterocycles. The molecule has 2 rings (SSSR count). The largest absolute Gasteiger partial charge is 0.342 e. The van der Waals surface area contributed by atoms with Crippen molar-refractivity contribution in [2.24, 2.45) is 0 Å². The van der Waals surface area contributed by atoms with E-state index in [0.29, 0.717) is 4.88 Å². The molecule has 0 aliphatic carbocycles. The number of carbonyl (C=O) groups is 2. The van der Waals surface area contributed by atoms with Gasteiger partial charge in [-0.3, -0.25) is 9.59 Å². The Morgan fingerprint density at radius 3 is 2.80 bits per heavy atom. The molecule has 1 N–H and O–H groups in total. The normalized spacial score (nSPS) is 14.5. The monoisotopic (exact) mass is 224 g/mol. The van der Waals surface area contributed by atoms with Crippen LogP contribution in [0.2, 0.25) is 0 Å². The molecule has 0 bridgehead atoms. The molecule has 2 heterocycles. The topological polar surface area (TPSA) is 49.4 Å². The van der Waals surface area contributed by atoms with Gasteiger partial charge >= 0.3 is 0 Å². The minimum absolute atomic E-state index is 0.00570. The van der Waals surface area contributed by atoms with Crippen molar-refractivity contribution < 1.29 is 9.59 Å². The summed E-state index contributed by atoms with van der Waals surface area (Å²) < 4.78 is 0. The maximum Gasteiger partial charge on any atom is 0.261 e. The molecule has 0 saturated carbocycles. The lowest BCUT2D eigenvalue weighted by Crippen LogP contribution is -2.47. The van der Waals surface area contributed by atoms with Gasteiger partial charge < -0.3 is 10.2 Å². The lowest BCUT2D eigenvalue weighted by molar-refractivity contribution is -0.133. The predicted octanol–water partition coefficient (Wildman–Crippen LogP) is 0.710. The molecule has 2 amide bonds. The van der Waals surface area contributed by atoms with E-state index in [4.69, 9.17) is 0 Å². The number of amides is 2. The quantitative estimate of drug-likeness (QED) is 0.822. The lowest BCUT2D eigenvalue weighted by atomic mass is 10.2. The number of rotatable bonds is 3. The summed E-state index contributed by atoms with van der Waals surface area (Å²) in [5.41, 5.74) is 0. The summed E-state index contributed by atoms with van der Waals surface area (Å²) in [5, 5.41) is 4.45. The fraction of sp³-hybridized carbons (Fsp3) is 0.400. The van der Waals surface area contributed by atoms with Crippen LogP contribution < -0.4 is 5.32 Å². The average molecular weight is 224 g/mol. The van der Waals surface area contributed by atoms with Crippen molar-refractivity contribution >= 4 is 23.2 Å². The molecular formula is C10H12N2O2S. The van der Waals surface area contributed by atoms with E-state index >= 15 is 0 Å². The van der Waals surface area contributed by atoms with E-state index in [-0.39, 0.29) is 18.4 Å². The number of hydrogen-bond donors (Lipinski definition) is 1. The third-order valence-electron chi connectivity index (χ3n) is 2.35. The maximum atomic E-state index is 11.5. The van der Waals surface area contributed by atoms with Gasteiger partial charge in [0.15, 0.2) is 0 Å². The lowest BCUT2D eigenvalue weighted by Gasteiger charge is -2.30. The van der Waals surface area contributed by atoms with E-state index in [1.807, 2.05) is 11.4 Å². The molecule has 1 saturated heterocycles. The van der Waals surface area contributed by atoms with Gasteiger partial charge in [0.25, 0.3) is 5.91 Å². The van der Waals surface area contributed by atoms with Crippen LogP contribution in [-0.4, -0.2) is 36.3 Å². The first-order chi connectivity index (χ1) is 7.27. The second-order valence-electron chi connectivity index (χ2n) is 3.39. The second-order valence-corrected chi connectivity index (χ2v) is 4.34. The van der Waals surface area contributed by atoms with Crippen LogP contribution in [0.5, 0.6) is 0 Å². The van der Waals surface area contributed by atoms with Gasteiger partial charge in [-0.1, -0.05) is 6.07 Å². The van der Waals surface area contributed by atoms with Crippen molar-refractivity contribution in [1.29, 1.82) is 0 Å². The van der Waals surface area contributed by atoms with Crippen LogP contribution in [0.15, 0.2) is 17.5 Å². The highest BCUT2D eigenvalue weighted by molar-refractivity contribution is 7.12. The molecule has 5 heteroatoms. The van der Waals surface area contributed by atoms with E-state index in [2.05, 4.69) is 5.32 Å². The highest BCUT2D eigenvalue weighted by Crippen LogP contribution is 2.08. The van der Waals surface area contributed by atoms with E-state index < -0.39 is 0 Å². The number of hydrogen-bond acceptors (Lipinski definition) is 3. The van der Waals surface area contributed by atoms with Crippen molar-refractivity contribution in [3.8, 4) is 0 Å². The summed E-state index contributed by atoms with van der Waals surface area (Å²) in [5.74, 6) is -0.162. The van der Waals surface area contributed by atoms with Gasteiger partial charge in [0.2, 0.25) is 5.91 Å². The molecule has 0 atom stereocenters. The Labute approximate surface area is 91.9 Å². The molecule has 80 valence electrons. The Morgan fingerprint density at radius 1 is 1.47 bits per heavy atom. The van der Waals surface area contributed by atoms with Crippen LogP contribution in [0.4, 0.5) is 0 Å². The van der Waals surface area contributed by atoms with Crippen LogP contribution >= 0.6 is 11.3 Å². The van der Waals surface area contributed by atoms with Crippen LogP contribution in [0.3, 0.4) is 0 Å². The first-order valence-corrected chi connectivity index (χ1v) is 5.75. The summed E-state index contributed by atoms with van der Waals surface area (Å²) in [6.45, 7) is 1.76. The third kappa shape index (κ3) is 2.36. The third-order valence-corrected chi connectivity index (χ3v) is 3.22. The van der Waals surface area contributed by atoms with Gasteiger partial charge in [0.1, 0.15) is 0 Å². The Morgan fingerprint density at radius 2 is 2.27 bits per heavy atom. The first-order valence-electron chi connectivity index (χ1n) is 4.87. The molecule has 1 aromatic rings. The number of likely N-dealkylation sites (tertiary alicyclic amines) is 1. The Balaban J connectivity index is 1.78. The predicted molar refractivity (Wildman–Crippen MR) is 57.8 cm³/mol. The fourth-order valence-electron chi connectivity index (χ4n) is 1.33. The molecule has 1 aliphatic rings. The first kappa shape index (κ1) is 10.2. The van der Waals surface area contributed by atoms with Crippen LogP contribution in [0.1, 0.15) is 16.1 Å². The van der Waals surface area contributed by atoms with Gasteiger partial charge in [-0.2, -0.15) is 0 Å². The van der Waals surface area contributed by atoms with Gasteiger partial charge in [0, 0.05) is 13.1 Å². The summed E-state index contributed by atoms with van der Waals surface area (Å²) >= 11 is 1.37. The van der Waals surface area contributed by atoms with E-state index in [1.54, 1.807) is 11.0 Å². The van der Waals surface area contributed by atoms with Crippen molar-refractivity contribution in [1.82, 2.24) is 10.2 Å². The van der Waals surface area contributed by atoms with Crippen molar-refractivity contribution in [2.75, 3.05) is 19.6 Å². The Hall–Kier alpha value is -1.36. The summed E-state index contributed by atoms with van der Waals surface area (Å²) in [4.78, 5) is 25.3. The SMILES string of the molecule is O=C(NCC(=O)N1CCC1)c1cccs1. The number of nitrogens with zero attached hydrogens (tertiary/aromatic N) is 1. The fourth-order valence-corrected chi connectivity index (χ4v) is 1.97. The number of nitrogens with one attached hydrogen (secondary N) is 1. The van der Waals surface area contributed by atoms with Crippen LogP contribution in [0, 0.1) is 0 Å². The van der Waals surface area contributed by atoms with E-state index in [9.17, 15) is 9.59 Å². The number of thiophene rings is 1. The van der Waals surface area contributed by atoms with Crippen molar-refractivity contribution in [3.05, 3.63) is 22.4 Å². The maximum absolute atomic E-state index is 11.5. The standard InChI is InChI=1S/C10H12N2O2S/c13-9(12-4-2-5-12)7-11-10(14)8-3-1-6-15-8/h1,3,6H,2,4-5,7H2,(H,11,14). The molecule has 0 unspecified atom stereocenters. The molecule has 0 spiro atoms. The molecule has 0 aromatic carbocycles. The molecule has 0 radical (unpaired) electrons. The van der Waals surface area contributed by atoms with Crippen LogP contribution in [0.25, 0.3) is 0 Å². The molecule has 1 fully saturated rings. The minimum Gasteiger partial charge on any atom is -0.342 e. The Kier molecular flexibility index (Phi) is 3.01. The Bertz CT molecular complexity index is 358. The van der Waals surface area contributed by atoms with Crippen molar-refractivity contribution in [3.63, 3.8) is 0 Å². The molecule has 15 heavy (non-hydrogen) atoms. The zero-order chi connectivity index (χ0) is 10.7. The van der Waals surface area contributed by atoms with Crippen LogP contribution in [-0.2, 0) is 4.79 Å². The minimum atomic E-state index is -0.168. The highest BCUT2D eigenvalue weighted by atomic mass is 32.1. The summed E-state index contributed by atoms with van der Waals surface area (Å²) in [6, 6.07) is 3.56. The van der Waals surface area contributed by atoms with E-state index in [0.717, 1.165) is 19.5 Å². The van der Waals surface area contributed by atoms with Gasteiger partial charge in [-0.25, -0.2) is 0 Å². The molecule has 4 nitrogen and oxygen atoms in total. The van der Waals surface area contributed by atoms with E-state index in [1.165, 1.54) is 11.3 Å². The number of carbonyl (C=O) groups excluding carboxylic acids is 2. The zero-order valence-corrected chi connectivity index (χ0v) is 9.05. The van der Waals surface area contributed by atoms with Gasteiger partial charge in [-0.15, -0.1) is 11.3 Å².